The standard InChI is InChI=1S/C21H16N2S/c1-3-8-17(9-4-1)16-20(18-10-5-2-6-11-18)19-12-15-24-21(19)23-14-7-13-22-23/h1-16H/b20-16+. The van der Waals surface area contributed by atoms with Crippen molar-refractivity contribution in [2.24, 2.45) is 0 Å². The van der Waals surface area contributed by atoms with Crippen LogP contribution in [-0.2, 0) is 0 Å². The first-order chi connectivity index (χ1) is 11.9. The van der Waals surface area contributed by atoms with Crippen LogP contribution in [0.2, 0.25) is 0 Å². The molecular formula is C21H16N2S. The van der Waals surface area contributed by atoms with E-state index < -0.39 is 0 Å². The van der Waals surface area contributed by atoms with Crippen molar-refractivity contribution < 1.29 is 0 Å². The summed E-state index contributed by atoms with van der Waals surface area (Å²) in [5, 5.41) is 7.65. The molecule has 0 fully saturated rings. The van der Waals surface area contributed by atoms with Crippen molar-refractivity contribution in [2.45, 2.75) is 0 Å². The highest BCUT2D eigenvalue weighted by Crippen LogP contribution is 2.33. The maximum Gasteiger partial charge on any atom is 0.125 e. The second-order valence-corrected chi connectivity index (χ2v) is 6.32. The van der Waals surface area contributed by atoms with E-state index in [1.165, 1.54) is 22.3 Å². The van der Waals surface area contributed by atoms with Gasteiger partial charge in [0.05, 0.1) is 0 Å². The van der Waals surface area contributed by atoms with Crippen LogP contribution in [0, 0.1) is 0 Å². The van der Waals surface area contributed by atoms with Crippen LogP contribution in [0.25, 0.3) is 16.7 Å². The van der Waals surface area contributed by atoms with Gasteiger partial charge in [0, 0.05) is 18.0 Å². The summed E-state index contributed by atoms with van der Waals surface area (Å²) in [5.74, 6) is 0. The lowest BCUT2D eigenvalue weighted by atomic mass is 9.97. The minimum absolute atomic E-state index is 1.13. The largest absolute Gasteiger partial charge is 0.230 e. The number of hydrogen-bond acceptors (Lipinski definition) is 2. The average Bonchev–Trinajstić information content (AvgIpc) is 3.32. The van der Waals surface area contributed by atoms with E-state index in [1.54, 1.807) is 11.3 Å². The van der Waals surface area contributed by atoms with Crippen LogP contribution in [0.4, 0.5) is 0 Å². The molecule has 116 valence electrons. The zero-order valence-corrected chi connectivity index (χ0v) is 13.9. The van der Waals surface area contributed by atoms with Crippen LogP contribution in [0.3, 0.4) is 0 Å². The third-order valence-electron chi connectivity index (χ3n) is 3.84. The summed E-state index contributed by atoms with van der Waals surface area (Å²) in [6.07, 6.45) is 6.04. The quantitative estimate of drug-likeness (QED) is 0.451. The smallest absolute Gasteiger partial charge is 0.125 e. The summed E-state index contributed by atoms with van der Waals surface area (Å²) in [6, 6.07) is 25.1. The fourth-order valence-corrected chi connectivity index (χ4v) is 3.58. The van der Waals surface area contributed by atoms with Crippen molar-refractivity contribution in [2.75, 3.05) is 0 Å². The van der Waals surface area contributed by atoms with Gasteiger partial charge in [-0.05, 0) is 40.3 Å². The first kappa shape index (κ1) is 14.7. The van der Waals surface area contributed by atoms with E-state index in [9.17, 15) is 0 Å². The summed E-state index contributed by atoms with van der Waals surface area (Å²) in [7, 11) is 0. The Balaban J connectivity index is 1.89. The average molecular weight is 328 g/mol. The lowest BCUT2D eigenvalue weighted by Crippen LogP contribution is -1.96. The number of thiophene rings is 1. The van der Waals surface area contributed by atoms with Gasteiger partial charge in [0.15, 0.2) is 0 Å². The van der Waals surface area contributed by atoms with Crippen molar-refractivity contribution in [1.29, 1.82) is 0 Å². The van der Waals surface area contributed by atoms with Gasteiger partial charge < -0.3 is 0 Å². The van der Waals surface area contributed by atoms with Gasteiger partial charge in [0.1, 0.15) is 5.00 Å². The molecule has 0 atom stereocenters. The molecule has 0 aliphatic rings. The summed E-state index contributed by atoms with van der Waals surface area (Å²) >= 11 is 1.70. The molecule has 0 saturated heterocycles. The zero-order chi connectivity index (χ0) is 16.2. The molecule has 2 nitrogen and oxygen atoms in total. The maximum absolute atomic E-state index is 4.40. The molecule has 0 amide bonds. The molecule has 3 heteroatoms. The van der Waals surface area contributed by atoms with Gasteiger partial charge in [-0.2, -0.15) is 5.10 Å². The summed E-state index contributed by atoms with van der Waals surface area (Å²) < 4.78 is 1.93. The SMILES string of the molecule is C(=C(/c1ccccc1)c1ccsc1-n1cccn1)/c1ccccc1. The molecule has 0 aliphatic heterocycles. The summed E-state index contributed by atoms with van der Waals surface area (Å²) in [4.78, 5) is 0. The second kappa shape index (κ2) is 6.69. The predicted molar refractivity (Wildman–Crippen MR) is 101 cm³/mol. The normalized spacial score (nSPS) is 11.6. The Morgan fingerprint density at radius 3 is 2.33 bits per heavy atom. The number of benzene rings is 2. The number of hydrogen-bond donors (Lipinski definition) is 0. The van der Waals surface area contributed by atoms with Crippen molar-refractivity contribution in [3.63, 3.8) is 0 Å². The third-order valence-corrected chi connectivity index (χ3v) is 4.75. The molecule has 0 aliphatic carbocycles. The molecule has 0 spiro atoms. The lowest BCUT2D eigenvalue weighted by Gasteiger charge is -2.10. The van der Waals surface area contributed by atoms with Crippen LogP contribution < -0.4 is 0 Å². The number of nitrogens with zero attached hydrogens (tertiary/aromatic N) is 2. The van der Waals surface area contributed by atoms with Gasteiger partial charge >= 0.3 is 0 Å². The molecule has 0 saturated carbocycles. The van der Waals surface area contributed by atoms with E-state index in [0.29, 0.717) is 0 Å². The lowest BCUT2D eigenvalue weighted by molar-refractivity contribution is 0.895. The van der Waals surface area contributed by atoms with E-state index in [-0.39, 0.29) is 0 Å². The monoisotopic (exact) mass is 328 g/mol. The Kier molecular flexibility index (Phi) is 4.09. The maximum atomic E-state index is 4.40. The Bertz CT molecular complexity index is 936. The molecule has 2 heterocycles. The van der Waals surface area contributed by atoms with Crippen LogP contribution in [0.15, 0.2) is 90.6 Å². The molecule has 4 rings (SSSR count). The Labute approximate surface area is 145 Å². The molecule has 0 radical (unpaired) electrons. The Morgan fingerprint density at radius 1 is 0.875 bits per heavy atom. The van der Waals surface area contributed by atoms with E-state index in [2.05, 4.69) is 71.2 Å². The van der Waals surface area contributed by atoms with Gasteiger partial charge in [-0.1, -0.05) is 60.7 Å². The first-order valence-corrected chi connectivity index (χ1v) is 8.70. The van der Waals surface area contributed by atoms with Crippen molar-refractivity contribution in [3.05, 3.63) is 107 Å². The first-order valence-electron chi connectivity index (χ1n) is 7.82. The predicted octanol–water partition coefficient (Wildman–Crippen LogP) is 5.52. The van der Waals surface area contributed by atoms with Crippen molar-refractivity contribution in [1.82, 2.24) is 9.78 Å². The highest BCUT2D eigenvalue weighted by atomic mass is 32.1. The highest BCUT2D eigenvalue weighted by Gasteiger charge is 2.13. The number of rotatable bonds is 4. The van der Waals surface area contributed by atoms with E-state index >= 15 is 0 Å². The topological polar surface area (TPSA) is 17.8 Å². The number of aromatic nitrogens is 2. The molecule has 2 aromatic carbocycles. The highest BCUT2D eigenvalue weighted by molar-refractivity contribution is 7.12. The van der Waals surface area contributed by atoms with Crippen LogP contribution >= 0.6 is 11.3 Å². The minimum Gasteiger partial charge on any atom is -0.230 e. The molecule has 2 aromatic heterocycles. The summed E-state index contributed by atoms with van der Waals surface area (Å²) in [6.45, 7) is 0. The van der Waals surface area contributed by atoms with Crippen molar-refractivity contribution in [3.8, 4) is 5.00 Å². The van der Waals surface area contributed by atoms with Crippen molar-refractivity contribution >= 4 is 23.0 Å². The molecule has 0 unspecified atom stereocenters. The molecule has 0 bridgehead atoms. The summed E-state index contributed by atoms with van der Waals surface area (Å²) in [5.41, 5.74) is 4.79. The molecule has 0 N–H and O–H groups in total. The fourth-order valence-electron chi connectivity index (χ4n) is 2.72. The second-order valence-electron chi connectivity index (χ2n) is 5.42. The molecule has 4 aromatic rings. The third kappa shape index (κ3) is 2.94. The van der Waals surface area contributed by atoms with Gasteiger partial charge in [-0.25, -0.2) is 4.68 Å². The molecular weight excluding hydrogens is 312 g/mol. The molecule has 24 heavy (non-hydrogen) atoms. The van der Waals surface area contributed by atoms with Crippen LogP contribution in [0.1, 0.15) is 16.7 Å². The van der Waals surface area contributed by atoms with E-state index in [4.69, 9.17) is 0 Å². The van der Waals surface area contributed by atoms with E-state index in [1.807, 2.05) is 35.3 Å². The van der Waals surface area contributed by atoms with Gasteiger partial charge in [-0.3, -0.25) is 0 Å². The Hall–Kier alpha value is -2.91. The minimum atomic E-state index is 1.13. The van der Waals surface area contributed by atoms with Crippen LogP contribution in [-0.4, -0.2) is 9.78 Å². The fraction of sp³-hybridized carbons (Fsp3) is 0. The van der Waals surface area contributed by atoms with Crippen LogP contribution in [0.5, 0.6) is 0 Å². The van der Waals surface area contributed by atoms with Gasteiger partial charge in [-0.15, -0.1) is 11.3 Å². The van der Waals surface area contributed by atoms with Gasteiger partial charge in [0.25, 0.3) is 0 Å². The van der Waals surface area contributed by atoms with E-state index in [0.717, 1.165) is 5.00 Å². The van der Waals surface area contributed by atoms with Gasteiger partial charge in [0.2, 0.25) is 0 Å². The zero-order valence-electron chi connectivity index (χ0n) is 13.0. The Morgan fingerprint density at radius 2 is 1.62 bits per heavy atom.